The number of hydrogen-bond donors (Lipinski definition) is 0. The number of carbonyl (C=O) groups excluding carboxylic acids is 2. The van der Waals surface area contributed by atoms with Crippen LogP contribution < -0.4 is 14.2 Å². The van der Waals surface area contributed by atoms with Crippen molar-refractivity contribution in [1.29, 1.82) is 0 Å². The standard InChI is InChI=1S/C25H28O5/c1-7-8-18-11-16-22(28-5)20(23(18)29-6)14-15-21(26)17-9-12-19(13-10-17)30-24(27)25(2,3)4/h7,9-16H,1,8H2,2-6H3/b15-14+. The predicted molar refractivity (Wildman–Crippen MR) is 118 cm³/mol. The second-order valence-electron chi connectivity index (χ2n) is 7.73. The van der Waals surface area contributed by atoms with Crippen LogP contribution in [0, 0.1) is 5.41 Å². The Bertz CT molecular complexity index is 947. The monoisotopic (exact) mass is 408 g/mol. The number of carbonyl (C=O) groups is 2. The highest BCUT2D eigenvalue weighted by atomic mass is 16.5. The number of rotatable bonds is 8. The van der Waals surface area contributed by atoms with Gasteiger partial charge in [0.25, 0.3) is 0 Å². The summed E-state index contributed by atoms with van der Waals surface area (Å²) in [6.07, 6.45) is 5.57. The fraction of sp³-hybridized carbons (Fsp3) is 0.280. The van der Waals surface area contributed by atoms with Crippen LogP contribution in [-0.4, -0.2) is 26.0 Å². The summed E-state index contributed by atoms with van der Waals surface area (Å²) < 4.78 is 16.3. The van der Waals surface area contributed by atoms with Crippen LogP contribution in [0.15, 0.2) is 55.1 Å². The van der Waals surface area contributed by atoms with Crippen molar-refractivity contribution in [3.8, 4) is 17.2 Å². The quantitative estimate of drug-likeness (QED) is 0.195. The first kappa shape index (κ1) is 22.9. The van der Waals surface area contributed by atoms with Crippen LogP contribution in [0.25, 0.3) is 6.08 Å². The van der Waals surface area contributed by atoms with Crippen LogP contribution in [0.1, 0.15) is 42.3 Å². The van der Waals surface area contributed by atoms with E-state index in [4.69, 9.17) is 14.2 Å². The Morgan fingerprint density at radius 3 is 2.20 bits per heavy atom. The molecule has 0 saturated carbocycles. The third-order valence-electron chi connectivity index (χ3n) is 4.39. The molecule has 0 saturated heterocycles. The maximum atomic E-state index is 12.6. The van der Waals surface area contributed by atoms with Gasteiger partial charge in [-0.15, -0.1) is 6.58 Å². The zero-order chi connectivity index (χ0) is 22.3. The lowest BCUT2D eigenvalue weighted by Crippen LogP contribution is -2.25. The van der Waals surface area contributed by atoms with Gasteiger partial charge < -0.3 is 14.2 Å². The maximum Gasteiger partial charge on any atom is 0.316 e. The Labute approximate surface area is 178 Å². The molecular weight excluding hydrogens is 380 g/mol. The molecule has 5 nitrogen and oxygen atoms in total. The second kappa shape index (κ2) is 9.92. The average Bonchev–Trinajstić information content (AvgIpc) is 2.72. The molecule has 2 aromatic rings. The lowest BCUT2D eigenvalue weighted by atomic mass is 9.97. The summed E-state index contributed by atoms with van der Waals surface area (Å²) in [7, 11) is 3.15. The highest BCUT2D eigenvalue weighted by molar-refractivity contribution is 6.07. The van der Waals surface area contributed by atoms with Crippen LogP contribution >= 0.6 is 0 Å². The van der Waals surface area contributed by atoms with Crippen LogP contribution in [0.4, 0.5) is 0 Å². The maximum absolute atomic E-state index is 12.6. The minimum absolute atomic E-state index is 0.193. The minimum Gasteiger partial charge on any atom is -0.496 e. The molecule has 158 valence electrons. The summed E-state index contributed by atoms with van der Waals surface area (Å²) in [6.45, 7) is 9.11. The lowest BCUT2D eigenvalue weighted by molar-refractivity contribution is -0.142. The zero-order valence-corrected chi connectivity index (χ0v) is 18.2. The van der Waals surface area contributed by atoms with Crippen molar-refractivity contribution in [3.05, 3.63) is 71.8 Å². The number of ketones is 1. The van der Waals surface area contributed by atoms with E-state index in [1.54, 1.807) is 71.4 Å². The molecule has 0 fully saturated rings. The van der Waals surface area contributed by atoms with Crippen molar-refractivity contribution in [2.45, 2.75) is 27.2 Å². The van der Waals surface area contributed by atoms with E-state index in [0.29, 0.717) is 34.8 Å². The molecule has 0 radical (unpaired) electrons. The van der Waals surface area contributed by atoms with Crippen molar-refractivity contribution in [2.24, 2.45) is 5.41 Å². The third-order valence-corrected chi connectivity index (χ3v) is 4.39. The largest absolute Gasteiger partial charge is 0.496 e. The van der Waals surface area contributed by atoms with Gasteiger partial charge in [0.2, 0.25) is 0 Å². The van der Waals surface area contributed by atoms with E-state index < -0.39 is 5.41 Å². The van der Waals surface area contributed by atoms with Crippen molar-refractivity contribution < 1.29 is 23.8 Å². The highest BCUT2D eigenvalue weighted by Gasteiger charge is 2.23. The molecule has 0 aliphatic carbocycles. The van der Waals surface area contributed by atoms with Gasteiger partial charge in [-0.3, -0.25) is 9.59 Å². The van der Waals surface area contributed by atoms with Crippen molar-refractivity contribution in [2.75, 3.05) is 14.2 Å². The molecule has 0 N–H and O–H groups in total. The van der Waals surface area contributed by atoms with Gasteiger partial charge in [-0.25, -0.2) is 0 Å². The first-order valence-corrected chi connectivity index (χ1v) is 9.60. The second-order valence-corrected chi connectivity index (χ2v) is 7.73. The fourth-order valence-electron chi connectivity index (χ4n) is 2.72. The van der Waals surface area contributed by atoms with Crippen LogP contribution in [0.2, 0.25) is 0 Å². The van der Waals surface area contributed by atoms with E-state index in [1.807, 2.05) is 12.1 Å². The number of hydrogen-bond acceptors (Lipinski definition) is 5. The molecule has 30 heavy (non-hydrogen) atoms. The molecule has 2 rings (SSSR count). The average molecular weight is 408 g/mol. The Balaban J connectivity index is 2.24. The SMILES string of the molecule is C=CCc1ccc(OC)c(/C=C/C(=O)c2ccc(OC(=O)C(C)(C)C)cc2)c1OC. The highest BCUT2D eigenvalue weighted by Crippen LogP contribution is 2.34. The van der Waals surface area contributed by atoms with Gasteiger partial charge in [0.05, 0.1) is 25.2 Å². The number of benzene rings is 2. The van der Waals surface area contributed by atoms with E-state index in [1.165, 1.54) is 6.08 Å². The third kappa shape index (κ3) is 5.60. The normalized spacial score (nSPS) is 11.2. The predicted octanol–water partition coefficient (Wildman–Crippen LogP) is 5.28. The smallest absolute Gasteiger partial charge is 0.316 e. The molecule has 0 aliphatic heterocycles. The first-order chi connectivity index (χ1) is 14.2. The Hall–Kier alpha value is -3.34. The van der Waals surface area contributed by atoms with Gasteiger partial charge in [0, 0.05) is 5.56 Å². The van der Waals surface area contributed by atoms with Gasteiger partial charge in [0.15, 0.2) is 5.78 Å². The number of allylic oxidation sites excluding steroid dienone is 2. The number of esters is 1. The van der Waals surface area contributed by atoms with Gasteiger partial charge in [-0.2, -0.15) is 0 Å². The molecule has 5 heteroatoms. The Morgan fingerprint density at radius 2 is 1.67 bits per heavy atom. The van der Waals surface area contributed by atoms with E-state index in [-0.39, 0.29) is 11.8 Å². The first-order valence-electron chi connectivity index (χ1n) is 9.60. The van der Waals surface area contributed by atoms with Crippen LogP contribution in [0.5, 0.6) is 17.2 Å². The molecule has 0 aliphatic rings. The summed E-state index contributed by atoms with van der Waals surface area (Å²) in [5.74, 6) is 1.12. The summed E-state index contributed by atoms with van der Waals surface area (Å²) in [5, 5.41) is 0. The van der Waals surface area contributed by atoms with Gasteiger partial charge in [0.1, 0.15) is 17.2 Å². The summed E-state index contributed by atoms with van der Waals surface area (Å²) in [6, 6.07) is 10.2. The van der Waals surface area contributed by atoms with E-state index in [9.17, 15) is 9.59 Å². The molecule has 0 amide bonds. The van der Waals surface area contributed by atoms with E-state index in [2.05, 4.69) is 6.58 Å². The van der Waals surface area contributed by atoms with Crippen LogP contribution in [-0.2, 0) is 11.2 Å². The lowest BCUT2D eigenvalue weighted by Gasteiger charge is -2.16. The summed E-state index contributed by atoms with van der Waals surface area (Å²) >= 11 is 0. The summed E-state index contributed by atoms with van der Waals surface area (Å²) in [5.41, 5.74) is 1.51. The summed E-state index contributed by atoms with van der Waals surface area (Å²) in [4.78, 5) is 24.6. The van der Waals surface area contributed by atoms with Gasteiger partial charge in [-0.05, 0) is 75.2 Å². The van der Waals surface area contributed by atoms with E-state index in [0.717, 1.165) is 5.56 Å². The topological polar surface area (TPSA) is 61.8 Å². The van der Waals surface area contributed by atoms with Crippen molar-refractivity contribution in [1.82, 2.24) is 0 Å². The van der Waals surface area contributed by atoms with Gasteiger partial charge >= 0.3 is 5.97 Å². The number of ether oxygens (including phenoxy) is 3. The number of methoxy groups -OCH3 is 2. The van der Waals surface area contributed by atoms with Gasteiger partial charge in [-0.1, -0.05) is 12.1 Å². The molecule has 0 heterocycles. The fourth-order valence-corrected chi connectivity index (χ4v) is 2.72. The zero-order valence-electron chi connectivity index (χ0n) is 18.2. The molecule has 2 aromatic carbocycles. The van der Waals surface area contributed by atoms with Crippen molar-refractivity contribution in [3.63, 3.8) is 0 Å². The van der Waals surface area contributed by atoms with E-state index >= 15 is 0 Å². The molecule has 0 aromatic heterocycles. The molecule has 0 bridgehead atoms. The Morgan fingerprint density at radius 1 is 1.00 bits per heavy atom. The Kier molecular flexibility index (Phi) is 7.59. The molecule has 0 spiro atoms. The van der Waals surface area contributed by atoms with Crippen LogP contribution in [0.3, 0.4) is 0 Å². The molecule has 0 unspecified atom stereocenters. The van der Waals surface area contributed by atoms with Crippen molar-refractivity contribution >= 4 is 17.8 Å². The molecular formula is C25H28O5. The minimum atomic E-state index is -0.602. The molecule has 0 atom stereocenters.